The van der Waals surface area contributed by atoms with Crippen molar-refractivity contribution in [3.8, 4) is 0 Å². The zero-order chi connectivity index (χ0) is 16.8. The fraction of sp³-hybridized carbons (Fsp3) is 0.579. The Morgan fingerprint density at radius 1 is 1.00 bits per heavy atom. The normalized spacial score (nSPS) is 24.4. The molecule has 1 aromatic carbocycles. The maximum atomic E-state index is 12.5. The van der Waals surface area contributed by atoms with Crippen LogP contribution in [-0.4, -0.2) is 43.0 Å². The average molecular weight is 330 g/mol. The highest BCUT2D eigenvalue weighted by Crippen LogP contribution is 2.31. The van der Waals surface area contributed by atoms with Crippen LogP contribution in [0.4, 0.5) is 0 Å². The van der Waals surface area contributed by atoms with Gasteiger partial charge in [0.05, 0.1) is 5.92 Å². The van der Waals surface area contributed by atoms with Crippen LogP contribution in [0.1, 0.15) is 31.2 Å². The molecule has 5 nitrogen and oxygen atoms in total. The summed E-state index contributed by atoms with van der Waals surface area (Å²) >= 11 is 0. The average Bonchev–Trinajstić information content (AvgIpc) is 2.67. The Morgan fingerprint density at radius 2 is 1.62 bits per heavy atom. The molecule has 1 amide bonds. The third-order valence-electron chi connectivity index (χ3n) is 5.06. The largest absolute Gasteiger partial charge is 0.461 e. The van der Waals surface area contributed by atoms with Crippen LogP contribution in [0.3, 0.4) is 0 Å². The van der Waals surface area contributed by atoms with Crippen LogP contribution in [-0.2, 0) is 20.9 Å². The van der Waals surface area contributed by atoms with Gasteiger partial charge in [0, 0.05) is 32.1 Å². The molecular formula is C19H26N2O3. The Kier molecular flexibility index (Phi) is 5.86. The molecule has 5 heteroatoms. The summed E-state index contributed by atoms with van der Waals surface area (Å²) in [5.74, 6) is 0.182. The molecule has 130 valence electrons. The lowest BCUT2D eigenvalue weighted by Gasteiger charge is -2.33. The van der Waals surface area contributed by atoms with Gasteiger partial charge in [0.1, 0.15) is 6.61 Å². The Labute approximate surface area is 143 Å². The molecule has 0 atom stereocenters. The van der Waals surface area contributed by atoms with Crippen molar-refractivity contribution in [1.29, 1.82) is 0 Å². The predicted octanol–water partition coefficient (Wildman–Crippen LogP) is 1.97. The van der Waals surface area contributed by atoms with Crippen molar-refractivity contribution in [2.45, 2.75) is 32.3 Å². The molecule has 0 unspecified atom stereocenters. The first-order chi connectivity index (χ1) is 11.7. The van der Waals surface area contributed by atoms with E-state index in [-0.39, 0.29) is 23.7 Å². The van der Waals surface area contributed by atoms with Gasteiger partial charge in [0.2, 0.25) is 5.91 Å². The third kappa shape index (κ3) is 4.35. The van der Waals surface area contributed by atoms with Gasteiger partial charge >= 0.3 is 5.97 Å². The molecule has 0 spiro atoms. The minimum Gasteiger partial charge on any atom is -0.461 e. The van der Waals surface area contributed by atoms with Gasteiger partial charge in [-0.25, -0.2) is 0 Å². The van der Waals surface area contributed by atoms with Crippen LogP contribution in [0.15, 0.2) is 30.3 Å². The van der Waals surface area contributed by atoms with Gasteiger partial charge in [0.25, 0.3) is 0 Å². The number of ether oxygens (including phenoxy) is 1. The number of rotatable bonds is 4. The lowest BCUT2D eigenvalue weighted by atomic mass is 9.81. The second-order valence-electron chi connectivity index (χ2n) is 6.72. The summed E-state index contributed by atoms with van der Waals surface area (Å²) < 4.78 is 5.44. The lowest BCUT2D eigenvalue weighted by molar-refractivity contribution is -0.152. The molecule has 24 heavy (non-hydrogen) atoms. The van der Waals surface area contributed by atoms with Crippen molar-refractivity contribution in [1.82, 2.24) is 10.2 Å². The van der Waals surface area contributed by atoms with E-state index in [2.05, 4.69) is 5.32 Å². The van der Waals surface area contributed by atoms with E-state index >= 15 is 0 Å². The van der Waals surface area contributed by atoms with E-state index < -0.39 is 0 Å². The Morgan fingerprint density at radius 3 is 2.29 bits per heavy atom. The smallest absolute Gasteiger partial charge is 0.309 e. The summed E-state index contributed by atoms with van der Waals surface area (Å²) in [7, 11) is 0. The van der Waals surface area contributed by atoms with Gasteiger partial charge in [-0.05, 0) is 31.2 Å². The third-order valence-corrected chi connectivity index (χ3v) is 5.06. The van der Waals surface area contributed by atoms with Gasteiger partial charge in [0.15, 0.2) is 0 Å². The highest BCUT2D eigenvalue weighted by Gasteiger charge is 2.33. The summed E-state index contributed by atoms with van der Waals surface area (Å²) in [4.78, 5) is 26.7. The summed E-state index contributed by atoms with van der Waals surface area (Å²) in [5, 5.41) is 3.27. The molecule has 0 aromatic heterocycles. The van der Waals surface area contributed by atoms with Crippen LogP contribution in [0, 0.1) is 11.8 Å². The molecule has 1 aromatic rings. The van der Waals surface area contributed by atoms with E-state index in [4.69, 9.17) is 4.74 Å². The van der Waals surface area contributed by atoms with Gasteiger partial charge in [-0.3, -0.25) is 9.59 Å². The number of nitrogens with one attached hydrogen (secondary N) is 1. The molecule has 0 bridgehead atoms. The molecule has 1 heterocycles. The summed E-state index contributed by atoms with van der Waals surface area (Å²) in [5.41, 5.74) is 1.01. The maximum absolute atomic E-state index is 12.5. The molecule has 2 fully saturated rings. The minimum atomic E-state index is -0.119. The maximum Gasteiger partial charge on any atom is 0.309 e. The van der Waals surface area contributed by atoms with E-state index in [0.717, 1.165) is 57.4 Å². The summed E-state index contributed by atoms with van der Waals surface area (Å²) in [6, 6.07) is 9.74. The molecule has 1 N–H and O–H groups in total. The van der Waals surface area contributed by atoms with Gasteiger partial charge < -0.3 is 15.0 Å². The highest BCUT2D eigenvalue weighted by atomic mass is 16.5. The first-order valence-corrected chi connectivity index (χ1v) is 8.94. The van der Waals surface area contributed by atoms with Crippen LogP contribution in [0.5, 0.6) is 0 Å². The van der Waals surface area contributed by atoms with E-state index in [0.29, 0.717) is 6.61 Å². The zero-order valence-electron chi connectivity index (χ0n) is 14.1. The number of benzene rings is 1. The zero-order valence-corrected chi connectivity index (χ0v) is 14.1. The van der Waals surface area contributed by atoms with Crippen LogP contribution < -0.4 is 5.32 Å². The predicted molar refractivity (Wildman–Crippen MR) is 91.1 cm³/mol. The molecule has 1 saturated heterocycles. The first-order valence-electron chi connectivity index (χ1n) is 8.94. The van der Waals surface area contributed by atoms with Gasteiger partial charge in [-0.1, -0.05) is 30.3 Å². The standard InChI is InChI=1S/C19H26N2O3/c22-18(21-12-10-20-11-13-21)16-6-8-17(9-7-16)19(23)24-14-15-4-2-1-3-5-15/h1-5,16-17,20H,6-14H2/t16-,17-. The number of esters is 1. The second kappa shape index (κ2) is 8.29. The Balaban J connectivity index is 1.42. The van der Waals surface area contributed by atoms with Crippen molar-refractivity contribution in [3.05, 3.63) is 35.9 Å². The number of carbonyl (C=O) groups is 2. The number of nitrogens with zero attached hydrogens (tertiary/aromatic N) is 1. The second-order valence-corrected chi connectivity index (χ2v) is 6.72. The van der Waals surface area contributed by atoms with E-state index in [1.807, 2.05) is 35.2 Å². The van der Waals surface area contributed by atoms with Crippen molar-refractivity contribution in [3.63, 3.8) is 0 Å². The first kappa shape index (κ1) is 17.0. The molecule has 1 aliphatic heterocycles. The quantitative estimate of drug-likeness (QED) is 0.858. The fourth-order valence-corrected chi connectivity index (χ4v) is 3.57. The molecule has 3 rings (SSSR count). The van der Waals surface area contributed by atoms with Gasteiger partial charge in [-0.15, -0.1) is 0 Å². The topological polar surface area (TPSA) is 58.6 Å². The van der Waals surface area contributed by atoms with Crippen molar-refractivity contribution in [2.75, 3.05) is 26.2 Å². The fourth-order valence-electron chi connectivity index (χ4n) is 3.57. The minimum absolute atomic E-state index is 0.0548. The number of piperazine rings is 1. The number of hydrogen-bond donors (Lipinski definition) is 1. The van der Waals surface area contributed by atoms with E-state index in [1.54, 1.807) is 0 Å². The molecule has 1 saturated carbocycles. The Hall–Kier alpha value is -1.88. The highest BCUT2D eigenvalue weighted by molar-refractivity contribution is 5.79. The van der Waals surface area contributed by atoms with Crippen LogP contribution in [0.25, 0.3) is 0 Å². The van der Waals surface area contributed by atoms with E-state index in [9.17, 15) is 9.59 Å². The van der Waals surface area contributed by atoms with E-state index in [1.165, 1.54) is 0 Å². The summed E-state index contributed by atoms with van der Waals surface area (Å²) in [6.07, 6.45) is 3.12. The van der Waals surface area contributed by atoms with Gasteiger partial charge in [-0.2, -0.15) is 0 Å². The Bertz CT molecular complexity index is 547. The van der Waals surface area contributed by atoms with Crippen molar-refractivity contribution < 1.29 is 14.3 Å². The molecular weight excluding hydrogens is 304 g/mol. The lowest BCUT2D eigenvalue weighted by Crippen LogP contribution is -2.49. The van der Waals surface area contributed by atoms with Crippen molar-refractivity contribution in [2.24, 2.45) is 11.8 Å². The number of amides is 1. The SMILES string of the molecule is O=C(OCc1ccccc1)[C@H]1CC[C@H](C(=O)N2CCNCC2)CC1. The summed E-state index contributed by atoms with van der Waals surface area (Å²) in [6.45, 7) is 3.70. The number of hydrogen-bond acceptors (Lipinski definition) is 4. The van der Waals surface area contributed by atoms with Crippen LogP contribution in [0.2, 0.25) is 0 Å². The molecule has 2 aliphatic rings. The number of carbonyl (C=O) groups excluding carboxylic acids is 2. The van der Waals surface area contributed by atoms with Crippen molar-refractivity contribution >= 4 is 11.9 Å². The van der Waals surface area contributed by atoms with Crippen LogP contribution >= 0.6 is 0 Å². The monoisotopic (exact) mass is 330 g/mol. The molecule has 1 aliphatic carbocycles. The molecule has 0 radical (unpaired) electrons.